The van der Waals surface area contributed by atoms with E-state index in [1.807, 2.05) is 18.7 Å². The molecule has 0 bridgehead atoms. The van der Waals surface area contributed by atoms with Crippen molar-refractivity contribution in [1.29, 1.82) is 0 Å². The lowest BCUT2D eigenvalue weighted by atomic mass is 9.88. The van der Waals surface area contributed by atoms with Gasteiger partial charge in [0, 0.05) is 23.8 Å². The number of nitrogens with zero attached hydrogens (tertiary/aromatic N) is 1. The summed E-state index contributed by atoms with van der Waals surface area (Å²) < 4.78 is 0. The van der Waals surface area contributed by atoms with Crippen LogP contribution in [-0.4, -0.2) is 42.8 Å². The Bertz CT molecular complexity index is 186. The van der Waals surface area contributed by atoms with E-state index in [1.165, 1.54) is 0 Å². The van der Waals surface area contributed by atoms with Crippen LogP contribution in [0.3, 0.4) is 0 Å². The number of carbonyl (C=O) groups is 1. The molecule has 0 aliphatic carbocycles. The first kappa shape index (κ1) is 15.0. The lowest BCUT2D eigenvalue weighted by molar-refractivity contribution is -0.116. The summed E-state index contributed by atoms with van der Waals surface area (Å²) in [5, 5.41) is 0. The highest BCUT2D eigenvalue weighted by atomic mass is 32.2. The summed E-state index contributed by atoms with van der Waals surface area (Å²) in [5.41, 5.74) is -0.180. The number of thioether (sulfide) groups is 1. The summed E-state index contributed by atoms with van der Waals surface area (Å²) in [7, 11) is 2.13. The van der Waals surface area contributed by atoms with Crippen LogP contribution in [-0.2, 0) is 4.79 Å². The number of hydrogen-bond donors (Lipinski definition) is 0. The van der Waals surface area contributed by atoms with Crippen LogP contribution in [0.25, 0.3) is 0 Å². The summed E-state index contributed by atoms with van der Waals surface area (Å²) in [5.74, 6) is 1.14. The molecular formula is C12H25NOS. The largest absolute Gasteiger partial charge is 0.303 e. The monoisotopic (exact) mass is 231 g/mol. The van der Waals surface area contributed by atoms with Crippen LogP contribution in [0.1, 0.15) is 33.6 Å². The molecule has 0 radical (unpaired) electrons. The molecule has 0 heterocycles. The highest BCUT2D eigenvalue weighted by Gasteiger charge is 2.25. The van der Waals surface area contributed by atoms with Crippen molar-refractivity contribution in [3.8, 4) is 0 Å². The van der Waals surface area contributed by atoms with E-state index in [0.29, 0.717) is 6.04 Å². The molecule has 0 rings (SSSR count). The van der Waals surface area contributed by atoms with E-state index in [1.54, 1.807) is 0 Å². The van der Waals surface area contributed by atoms with Crippen molar-refractivity contribution >= 4 is 18.0 Å². The molecule has 0 saturated heterocycles. The van der Waals surface area contributed by atoms with E-state index in [9.17, 15) is 4.79 Å². The maximum atomic E-state index is 11.0. The van der Waals surface area contributed by atoms with Gasteiger partial charge in [-0.05, 0) is 26.1 Å². The Balaban J connectivity index is 4.30. The summed E-state index contributed by atoms with van der Waals surface area (Å²) in [6, 6.07) is 0.589. The molecular weight excluding hydrogens is 206 g/mol. The van der Waals surface area contributed by atoms with E-state index in [0.717, 1.165) is 31.4 Å². The first-order chi connectivity index (χ1) is 7.02. The molecule has 3 heteroatoms. The van der Waals surface area contributed by atoms with Gasteiger partial charge in [0.05, 0.1) is 0 Å². The minimum atomic E-state index is -0.180. The quantitative estimate of drug-likeness (QED) is 0.599. The van der Waals surface area contributed by atoms with E-state index in [-0.39, 0.29) is 5.41 Å². The van der Waals surface area contributed by atoms with Gasteiger partial charge < -0.3 is 9.69 Å². The third kappa shape index (κ3) is 5.03. The molecule has 0 amide bonds. The van der Waals surface area contributed by atoms with Gasteiger partial charge in [-0.1, -0.05) is 20.8 Å². The van der Waals surface area contributed by atoms with Crippen LogP contribution in [0.2, 0.25) is 0 Å². The average Bonchev–Trinajstić information content (AvgIpc) is 2.25. The first-order valence-corrected chi connectivity index (χ1v) is 7.07. The second-order valence-electron chi connectivity index (χ2n) is 4.56. The maximum Gasteiger partial charge on any atom is 0.127 e. The van der Waals surface area contributed by atoms with Crippen LogP contribution in [0.15, 0.2) is 0 Å². The Kier molecular flexibility index (Phi) is 7.28. The Labute approximate surface area is 98.8 Å². The number of aldehydes is 1. The van der Waals surface area contributed by atoms with Gasteiger partial charge in [0.2, 0.25) is 0 Å². The van der Waals surface area contributed by atoms with E-state index < -0.39 is 0 Å². The zero-order valence-corrected chi connectivity index (χ0v) is 11.6. The fraction of sp³-hybridized carbons (Fsp3) is 0.917. The molecule has 0 N–H and O–H groups in total. The van der Waals surface area contributed by atoms with Crippen molar-refractivity contribution in [3.63, 3.8) is 0 Å². The standard InChI is InChI=1S/C12H25NOS/c1-6-11(8-15-5)13(4)9-12(3,7-2)10-14/h10-11H,6-9H2,1-5H3. The minimum Gasteiger partial charge on any atom is -0.303 e. The topological polar surface area (TPSA) is 20.3 Å². The molecule has 2 nitrogen and oxygen atoms in total. The number of hydrogen-bond acceptors (Lipinski definition) is 3. The molecule has 0 aromatic rings. The van der Waals surface area contributed by atoms with Gasteiger partial charge in [-0.3, -0.25) is 0 Å². The zero-order valence-electron chi connectivity index (χ0n) is 10.7. The van der Waals surface area contributed by atoms with Crippen molar-refractivity contribution in [1.82, 2.24) is 4.90 Å². The summed E-state index contributed by atoms with van der Waals surface area (Å²) in [6.07, 6.45) is 5.30. The molecule has 0 saturated carbocycles. The lowest BCUT2D eigenvalue weighted by Crippen LogP contribution is -2.41. The maximum absolute atomic E-state index is 11.0. The Hall–Kier alpha value is -0.0200. The Morgan fingerprint density at radius 3 is 2.40 bits per heavy atom. The second-order valence-corrected chi connectivity index (χ2v) is 5.47. The molecule has 15 heavy (non-hydrogen) atoms. The molecule has 0 aliphatic rings. The lowest BCUT2D eigenvalue weighted by Gasteiger charge is -2.33. The van der Waals surface area contributed by atoms with Crippen molar-refractivity contribution in [2.24, 2.45) is 5.41 Å². The van der Waals surface area contributed by atoms with Gasteiger partial charge in [0.25, 0.3) is 0 Å². The fourth-order valence-corrected chi connectivity index (χ4v) is 2.56. The van der Waals surface area contributed by atoms with Crippen molar-refractivity contribution < 1.29 is 4.79 Å². The van der Waals surface area contributed by atoms with Gasteiger partial charge in [0.15, 0.2) is 0 Å². The van der Waals surface area contributed by atoms with Gasteiger partial charge in [-0.15, -0.1) is 0 Å². The molecule has 0 fully saturated rings. The Morgan fingerprint density at radius 2 is 2.07 bits per heavy atom. The summed E-state index contributed by atoms with van der Waals surface area (Å²) in [6.45, 7) is 7.20. The third-order valence-electron chi connectivity index (χ3n) is 3.16. The Morgan fingerprint density at radius 1 is 1.47 bits per heavy atom. The predicted octanol–water partition coefficient (Wildman–Crippen LogP) is 2.68. The molecule has 0 aromatic carbocycles. The van der Waals surface area contributed by atoms with Crippen LogP contribution in [0.4, 0.5) is 0 Å². The number of carbonyl (C=O) groups excluding carboxylic acids is 1. The van der Waals surface area contributed by atoms with Crippen molar-refractivity contribution in [3.05, 3.63) is 0 Å². The molecule has 90 valence electrons. The third-order valence-corrected chi connectivity index (χ3v) is 3.87. The van der Waals surface area contributed by atoms with Gasteiger partial charge in [-0.2, -0.15) is 11.8 Å². The molecule has 2 atom stereocenters. The van der Waals surface area contributed by atoms with Gasteiger partial charge >= 0.3 is 0 Å². The van der Waals surface area contributed by atoms with E-state index in [2.05, 4.69) is 32.1 Å². The second kappa shape index (κ2) is 7.29. The molecule has 2 unspecified atom stereocenters. The average molecular weight is 231 g/mol. The van der Waals surface area contributed by atoms with Crippen LogP contribution in [0, 0.1) is 5.41 Å². The molecule has 0 aliphatic heterocycles. The van der Waals surface area contributed by atoms with Gasteiger partial charge in [-0.25, -0.2) is 0 Å². The highest BCUT2D eigenvalue weighted by molar-refractivity contribution is 7.98. The first-order valence-electron chi connectivity index (χ1n) is 5.68. The van der Waals surface area contributed by atoms with Crippen molar-refractivity contribution in [2.75, 3.05) is 25.6 Å². The van der Waals surface area contributed by atoms with Crippen LogP contribution >= 0.6 is 11.8 Å². The molecule has 0 spiro atoms. The summed E-state index contributed by atoms with van der Waals surface area (Å²) >= 11 is 1.87. The predicted molar refractivity (Wildman–Crippen MR) is 69.6 cm³/mol. The zero-order chi connectivity index (χ0) is 11.9. The normalized spacial score (nSPS) is 17.5. The fourth-order valence-electron chi connectivity index (χ4n) is 1.68. The van der Waals surface area contributed by atoms with Crippen LogP contribution < -0.4 is 0 Å². The van der Waals surface area contributed by atoms with E-state index >= 15 is 0 Å². The molecule has 0 aromatic heterocycles. The summed E-state index contributed by atoms with van der Waals surface area (Å²) in [4.78, 5) is 13.4. The highest BCUT2D eigenvalue weighted by Crippen LogP contribution is 2.21. The smallest absolute Gasteiger partial charge is 0.127 e. The van der Waals surface area contributed by atoms with Gasteiger partial charge in [0.1, 0.15) is 6.29 Å². The SMILES string of the molecule is CCC(CSC)N(C)CC(C)(C=O)CC. The van der Waals surface area contributed by atoms with Crippen molar-refractivity contribution in [2.45, 2.75) is 39.7 Å². The van der Waals surface area contributed by atoms with Crippen LogP contribution in [0.5, 0.6) is 0 Å². The number of rotatable bonds is 8. The van der Waals surface area contributed by atoms with E-state index in [4.69, 9.17) is 0 Å². The minimum absolute atomic E-state index is 0.180.